The second-order valence-electron chi connectivity index (χ2n) is 5.27. The highest BCUT2D eigenvalue weighted by Gasteiger charge is 2.16. The van der Waals surface area contributed by atoms with Gasteiger partial charge in [0, 0.05) is 26.7 Å². The number of ether oxygens (including phenoxy) is 1. The van der Waals surface area contributed by atoms with Gasteiger partial charge in [-0.25, -0.2) is 4.98 Å². The van der Waals surface area contributed by atoms with E-state index in [0.717, 1.165) is 44.4 Å². The second-order valence-corrected chi connectivity index (χ2v) is 5.27. The Labute approximate surface area is 116 Å². The zero-order valence-electron chi connectivity index (χ0n) is 12.1. The van der Waals surface area contributed by atoms with Crippen LogP contribution in [0.2, 0.25) is 0 Å². The van der Waals surface area contributed by atoms with Crippen molar-refractivity contribution in [3.8, 4) is 0 Å². The molecule has 19 heavy (non-hydrogen) atoms. The van der Waals surface area contributed by atoms with Gasteiger partial charge in [-0.05, 0) is 37.3 Å². The SMILES string of the molecule is CCCNc1cccc(N(C)CC2CCCOC2)n1. The molecule has 1 saturated heterocycles. The van der Waals surface area contributed by atoms with Gasteiger partial charge in [0.1, 0.15) is 11.6 Å². The Bertz CT molecular complexity index is 377. The third kappa shape index (κ3) is 4.39. The van der Waals surface area contributed by atoms with Gasteiger partial charge in [-0.3, -0.25) is 0 Å². The third-order valence-corrected chi connectivity index (χ3v) is 3.47. The van der Waals surface area contributed by atoms with Crippen LogP contribution in [0.1, 0.15) is 26.2 Å². The van der Waals surface area contributed by atoms with Crippen molar-refractivity contribution in [1.29, 1.82) is 0 Å². The smallest absolute Gasteiger partial charge is 0.130 e. The minimum Gasteiger partial charge on any atom is -0.381 e. The normalized spacial score (nSPS) is 19.2. The molecular formula is C15H25N3O. The fourth-order valence-corrected chi connectivity index (χ4v) is 2.42. The van der Waals surface area contributed by atoms with Crippen LogP contribution in [-0.2, 0) is 4.74 Å². The maximum absolute atomic E-state index is 5.54. The lowest BCUT2D eigenvalue weighted by Gasteiger charge is -2.28. The maximum atomic E-state index is 5.54. The second kappa shape index (κ2) is 7.34. The van der Waals surface area contributed by atoms with Crippen molar-refractivity contribution in [1.82, 2.24) is 4.98 Å². The summed E-state index contributed by atoms with van der Waals surface area (Å²) in [4.78, 5) is 6.88. The summed E-state index contributed by atoms with van der Waals surface area (Å²) in [7, 11) is 2.11. The third-order valence-electron chi connectivity index (χ3n) is 3.47. The molecular weight excluding hydrogens is 238 g/mol. The Morgan fingerprint density at radius 3 is 3.11 bits per heavy atom. The van der Waals surface area contributed by atoms with Gasteiger partial charge < -0.3 is 15.0 Å². The summed E-state index contributed by atoms with van der Waals surface area (Å²) in [6.07, 6.45) is 3.56. The van der Waals surface area contributed by atoms with Gasteiger partial charge in [-0.15, -0.1) is 0 Å². The first-order valence-corrected chi connectivity index (χ1v) is 7.29. The van der Waals surface area contributed by atoms with Crippen LogP contribution in [0.5, 0.6) is 0 Å². The van der Waals surface area contributed by atoms with Crippen molar-refractivity contribution in [3.05, 3.63) is 18.2 Å². The number of anilines is 2. The Hall–Kier alpha value is -1.29. The molecule has 0 saturated carbocycles. The number of aromatic nitrogens is 1. The standard InChI is InChI=1S/C15H25N3O/c1-3-9-16-14-7-4-8-15(17-14)18(2)11-13-6-5-10-19-12-13/h4,7-8,13H,3,5-6,9-12H2,1-2H3,(H,16,17). The lowest BCUT2D eigenvalue weighted by Crippen LogP contribution is -2.31. The maximum Gasteiger partial charge on any atom is 0.130 e. The van der Waals surface area contributed by atoms with Gasteiger partial charge in [0.05, 0.1) is 6.61 Å². The predicted octanol–water partition coefficient (Wildman–Crippen LogP) is 2.77. The molecule has 0 bridgehead atoms. The number of pyridine rings is 1. The van der Waals surface area contributed by atoms with Gasteiger partial charge >= 0.3 is 0 Å². The van der Waals surface area contributed by atoms with E-state index in [1.54, 1.807) is 0 Å². The first kappa shape index (κ1) is 14.1. The van der Waals surface area contributed by atoms with Gasteiger partial charge in [-0.2, -0.15) is 0 Å². The largest absolute Gasteiger partial charge is 0.381 e. The summed E-state index contributed by atoms with van der Waals surface area (Å²) in [5, 5.41) is 3.33. The zero-order chi connectivity index (χ0) is 13.5. The van der Waals surface area contributed by atoms with E-state index in [1.165, 1.54) is 12.8 Å². The topological polar surface area (TPSA) is 37.4 Å². The van der Waals surface area contributed by atoms with E-state index in [1.807, 2.05) is 6.07 Å². The summed E-state index contributed by atoms with van der Waals surface area (Å²) >= 11 is 0. The minimum atomic E-state index is 0.632. The molecule has 0 radical (unpaired) electrons. The van der Waals surface area contributed by atoms with E-state index in [2.05, 4.69) is 41.3 Å². The summed E-state index contributed by atoms with van der Waals surface area (Å²) in [5.74, 6) is 2.63. The molecule has 0 aromatic carbocycles. The molecule has 2 heterocycles. The molecule has 1 aliphatic rings. The monoisotopic (exact) mass is 263 g/mol. The zero-order valence-corrected chi connectivity index (χ0v) is 12.1. The van der Waals surface area contributed by atoms with Crippen LogP contribution in [0.3, 0.4) is 0 Å². The van der Waals surface area contributed by atoms with Crippen molar-refractivity contribution < 1.29 is 4.74 Å². The highest BCUT2D eigenvalue weighted by atomic mass is 16.5. The quantitative estimate of drug-likeness (QED) is 0.856. The average molecular weight is 263 g/mol. The molecule has 1 aromatic rings. The molecule has 2 rings (SSSR count). The molecule has 1 aliphatic heterocycles. The van der Waals surface area contributed by atoms with E-state index in [-0.39, 0.29) is 0 Å². The van der Waals surface area contributed by atoms with Crippen LogP contribution < -0.4 is 10.2 Å². The minimum absolute atomic E-state index is 0.632. The number of hydrogen-bond donors (Lipinski definition) is 1. The Balaban J connectivity index is 1.91. The Morgan fingerprint density at radius 1 is 1.47 bits per heavy atom. The molecule has 0 amide bonds. The molecule has 1 unspecified atom stereocenters. The Morgan fingerprint density at radius 2 is 2.37 bits per heavy atom. The molecule has 106 valence electrons. The van der Waals surface area contributed by atoms with E-state index >= 15 is 0 Å². The van der Waals surface area contributed by atoms with E-state index in [4.69, 9.17) is 4.74 Å². The summed E-state index contributed by atoms with van der Waals surface area (Å²) in [6.45, 7) is 5.96. The van der Waals surface area contributed by atoms with Gasteiger partial charge in [0.15, 0.2) is 0 Å². The number of hydrogen-bond acceptors (Lipinski definition) is 4. The number of nitrogens with one attached hydrogen (secondary N) is 1. The highest BCUT2D eigenvalue weighted by Crippen LogP contribution is 2.18. The fraction of sp³-hybridized carbons (Fsp3) is 0.667. The first-order valence-electron chi connectivity index (χ1n) is 7.29. The van der Waals surface area contributed by atoms with Gasteiger partial charge in [0.25, 0.3) is 0 Å². The van der Waals surface area contributed by atoms with Gasteiger partial charge in [-0.1, -0.05) is 13.0 Å². The average Bonchev–Trinajstić information content (AvgIpc) is 2.46. The lowest BCUT2D eigenvalue weighted by atomic mass is 10.0. The number of nitrogens with zero attached hydrogens (tertiary/aromatic N) is 2. The van der Waals surface area contributed by atoms with Crippen molar-refractivity contribution >= 4 is 11.6 Å². The van der Waals surface area contributed by atoms with Crippen LogP contribution >= 0.6 is 0 Å². The van der Waals surface area contributed by atoms with E-state index in [9.17, 15) is 0 Å². The van der Waals surface area contributed by atoms with Crippen LogP contribution in [-0.4, -0.2) is 38.3 Å². The van der Waals surface area contributed by atoms with Crippen LogP contribution in [0.15, 0.2) is 18.2 Å². The van der Waals surface area contributed by atoms with Crippen molar-refractivity contribution in [2.45, 2.75) is 26.2 Å². The van der Waals surface area contributed by atoms with Crippen LogP contribution in [0, 0.1) is 5.92 Å². The summed E-state index contributed by atoms with van der Waals surface area (Å²) < 4.78 is 5.54. The van der Waals surface area contributed by atoms with Crippen LogP contribution in [0.25, 0.3) is 0 Å². The van der Waals surface area contributed by atoms with Gasteiger partial charge in [0.2, 0.25) is 0 Å². The van der Waals surface area contributed by atoms with Crippen LogP contribution in [0.4, 0.5) is 11.6 Å². The van der Waals surface area contributed by atoms with E-state index in [0.29, 0.717) is 5.92 Å². The molecule has 0 aliphatic carbocycles. The highest BCUT2D eigenvalue weighted by molar-refractivity contribution is 5.46. The first-order chi connectivity index (χ1) is 9.29. The molecule has 0 spiro atoms. The molecule has 1 aromatic heterocycles. The predicted molar refractivity (Wildman–Crippen MR) is 79.8 cm³/mol. The fourth-order valence-electron chi connectivity index (χ4n) is 2.42. The van der Waals surface area contributed by atoms with Crippen molar-refractivity contribution in [3.63, 3.8) is 0 Å². The van der Waals surface area contributed by atoms with Crippen molar-refractivity contribution in [2.75, 3.05) is 43.6 Å². The molecule has 1 N–H and O–H groups in total. The molecule has 4 heteroatoms. The summed E-state index contributed by atoms with van der Waals surface area (Å²) in [5.41, 5.74) is 0. The number of rotatable bonds is 6. The summed E-state index contributed by atoms with van der Waals surface area (Å²) in [6, 6.07) is 6.16. The van der Waals surface area contributed by atoms with E-state index < -0.39 is 0 Å². The molecule has 1 atom stereocenters. The molecule has 1 fully saturated rings. The Kier molecular flexibility index (Phi) is 5.45. The molecule has 4 nitrogen and oxygen atoms in total. The van der Waals surface area contributed by atoms with Crippen molar-refractivity contribution in [2.24, 2.45) is 5.92 Å². The lowest BCUT2D eigenvalue weighted by molar-refractivity contribution is 0.0576.